The van der Waals surface area contributed by atoms with Crippen LogP contribution in [0.4, 0.5) is 5.69 Å². The van der Waals surface area contributed by atoms with E-state index in [4.69, 9.17) is 23.4 Å². The van der Waals surface area contributed by atoms with Crippen LogP contribution in [0.2, 0.25) is 19.6 Å². The van der Waals surface area contributed by atoms with Crippen LogP contribution in [0.5, 0.6) is 29.6 Å². The molecule has 0 aromatic carbocycles. The fourth-order valence-corrected chi connectivity index (χ4v) is 3.34. The van der Waals surface area contributed by atoms with Gasteiger partial charge >= 0.3 is 6.01 Å². The minimum Gasteiger partial charge on any atom is -0.479 e. The largest absolute Gasteiger partial charge is 0.479 e. The number of ether oxygens (including phenoxy) is 4. The fourth-order valence-electron chi connectivity index (χ4n) is 2.43. The topological polar surface area (TPSA) is 131 Å². The minimum atomic E-state index is -1.70. The van der Waals surface area contributed by atoms with E-state index >= 15 is 0 Å². The maximum absolute atomic E-state index is 12.7. The molecule has 3 heterocycles. The Morgan fingerprint density at radius 3 is 2.23 bits per heavy atom. The van der Waals surface area contributed by atoms with E-state index in [1.54, 1.807) is 12.3 Å². The first-order valence-corrected chi connectivity index (χ1v) is 12.7. The lowest BCUT2D eigenvalue weighted by Gasteiger charge is -2.14. The summed E-state index contributed by atoms with van der Waals surface area (Å²) in [6, 6.07) is 4.64. The summed E-state index contributed by atoms with van der Waals surface area (Å²) < 4.78 is 26.5. The van der Waals surface area contributed by atoms with Crippen LogP contribution in [0.3, 0.4) is 0 Å². The third kappa shape index (κ3) is 5.09. The number of methoxy groups -OCH3 is 3. The number of carbonyl (C=O) groups excluding carboxylic acids is 1. The zero-order chi connectivity index (χ0) is 22.6. The van der Waals surface area contributed by atoms with Gasteiger partial charge in [0.2, 0.25) is 17.6 Å². The molecule has 3 aromatic rings. The minimum absolute atomic E-state index is 0.00519. The van der Waals surface area contributed by atoms with Crippen molar-refractivity contribution in [3.05, 3.63) is 30.2 Å². The van der Waals surface area contributed by atoms with Crippen molar-refractivity contribution >= 4 is 25.1 Å². The predicted molar refractivity (Wildman–Crippen MR) is 113 cm³/mol. The molecule has 3 rings (SSSR count). The molecular formula is C19H23N5O6Si. The van der Waals surface area contributed by atoms with E-state index in [2.05, 4.69) is 44.9 Å². The highest BCUT2D eigenvalue weighted by atomic mass is 28.3. The lowest BCUT2D eigenvalue weighted by atomic mass is 10.4. The Kier molecular flexibility index (Phi) is 6.39. The highest BCUT2D eigenvalue weighted by molar-refractivity contribution is 6.87. The number of carbonyl (C=O) groups is 1. The van der Waals surface area contributed by atoms with Gasteiger partial charge < -0.3 is 28.7 Å². The molecule has 0 atom stereocenters. The summed E-state index contributed by atoms with van der Waals surface area (Å²) in [6.45, 7) is 6.40. The number of aromatic nitrogens is 4. The number of hydrogen-bond donors (Lipinski definition) is 1. The van der Waals surface area contributed by atoms with Gasteiger partial charge in [-0.1, -0.05) is 19.6 Å². The summed E-state index contributed by atoms with van der Waals surface area (Å²) in [5.74, 6) is -0.00381. The number of rotatable bonds is 8. The van der Waals surface area contributed by atoms with Crippen LogP contribution in [0.25, 0.3) is 0 Å². The van der Waals surface area contributed by atoms with Crippen LogP contribution < -0.4 is 29.7 Å². The number of anilines is 1. The second-order valence-electron chi connectivity index (χ2n) is 7.25. The zero-order valence-corrected chi connectivity index (χ0v) is 19.0. The standard InChI is InChI=1S/C19H23N5O6Si/c1-26-16-14(17(27-2)24-18(23-16)28-3)22-15(25)11-7-8-13(29-11)30-12-9-10-20-19(21-12)31(4,5)6/h7-10H,1-6H3,(H,22,25). The Morgan fingerprint density at radius 1 is 0.968 bits per heavy atom. The lowest BCUT2D eigenvalue weighted by molar-refractivity contribution is 0.0990. The molecule has 0 saturated heterocycles. The molecule has 164 valence electrons. The van der Waals surface area contributed by atoms with Gasteiger partial charge in [0, 0.05) is 18.3 Å². The van der Waals surface area contributed by atoms with Crippen LogP contribution in [-0.4, -0.2) is 55.2 Å². The smallest absolute Gasteiger partial charge is 0.322 e. The first-order valence-electron chi connectivity index (χ1n) is 9.21. The highest BCUT2D eigenvalue weighted by Crippen LogP contribution is 2.33. The molecule has 0 aliphatic rings. The quantitative estimate of drug-likeness (QED) is 0.516. The van der Waals surface area contributed by atoms with Gasteiger partial charge in [0.1, 0.15) is 13.5 Å². The van der Waals surface area contributed by atoms with Crippen molar-refractivity contribution in [1.29, 1.82) is 0 Å². The summed E-state index contributed by atoms with van der Waals surface area (Å²) in [6.07, 6.45) is 1.63. The second kappa shape index (κ2) is 9.00. The van der Waals surface area contributed by atoms with Crippen LogP contribution in [-0.2, 0) is 0 Å². The lowest BCUT2D eigenvalue weighted by Crippen LogP contribution is -2.42. The molecule has 1 amide bonds. The summed E-state index contributed by atoms with van der Waals surface area (Å²) in [5, 5.41) is 2.62. The van der Waals surface area contributed by atoms with Crippen LogP contribution in [0.1, 0.15) is 10.6 Å². The van der Waals surface area contributed by atoms with E-state index in [1.165, 1.54) is 33.5 Å². The highest BCUT2D eigenvalue weighted by Gasteiger charge is 2.23. The molecule has 0 aliphatic carbocycles. The summed E-state index contributed by atoms with van der Waals surface area (Å²) in [5.41, 5.74) is 0.887. The van der Waals surface area contributed by atoms with Crippen molar-refractivity contribution in [2.75, 3.05) is 26.6 Å². The van der Waals surface area contributed by atoms with Gasteiger partial charge in [-0.15, -0.1) is 0 Å². The summed E-state index contributed by atoms with van der Waals surface area (Å²) in [4.78, 5) is 29.5. The number of amides is 1. The maximum Gasteiger partial charge on any atom is 0.322 e. The van der Waals surface area contributed by atoms with Crippen molar-refractivity contribution < 1.29 is 28.2 Å². The molecule has 0 radical (unpaired) electrons. The molecule has 31 heavy (non-hydrogen) atoms. The molecule has 0 aliphatic heterocycles. The maximum atomic E-state index is 12.7. The van der Waals surface area contributed by atoms with E-state index in [-0.39, 0.29) is 35.2 Å². The third-order valence-electron chi connectivity index (χ3n) is 3.94. The SMILES string of the molecule is COc1nc(OC)c(NC(=O)c2ccc(Oc3ccnc([Si](C)(C)C)n3)o2)c(OC)n1. The van der Waals surface area contributed by atoms with Crippen LogP contribution in [0, 0.1) is 0 Å². The van der Waals surface area contributed by atoms with Crippen LogP contribution in [0.15, 0.2) is 28.8 Å². The fraction of sp³-hybridized carbons (Fsp3) is 0.316. The van der Waals surface area contributed by atoms with E-state index in [1.807, 2.05) is 0 Å². The first-order chi connectivity index (χ1) is 14.7. The molecule has 12 heteroatoms. The molecule has 0 spiro atoms. The molecule has 1 N–H and O–H groups in total. The number of furan rings is 1. The van der Waals surface area contributed by atoms with Crippen molar-refractivity contribution in [3.63, 3.8) is 0 Å². The van der Waals surface area contributed by atoms with Gasteiger partial charge in [-0.05, 0) is 6.07 Å². The average Bonchev–Trinajstić information content (AvgIpc) is 3.21. The normalized spacial score (nSPS) is 11.0. The number of nitrogens with one attached hydrogen (secondary N) is 1. The Hall–Kier alpha value is -3.67. The average molecular weight is 446 g/mol. The molecular weight excluding hydrogens is 422 g/mol. The van der Waals surface area contributed by atoms with Gasteiger partial charge in [-0.2, -0.15) is 9.97 Å². The zero-order valence-electron chi connectivity index (χ0n) is 18.0. The predicted octanol–water partition coefficient (Wildman–Crippen LogP) is 2.48. The van der Waals surface area contributed by atoms with Gasteiger partial charge in [0.05, 0.1) is 21.3 Å². The molecule has 11 nitrogen and oxygen atoms in total. The van der Waals surface area contributed by atoms with E-state index in [9.17, 15) is 4.79 Å². The number of hydrogen-bond acceptors (Lipinski definition) is 10. The van der Waals surface area contributed by atoms with Gasteiger partial charge in [0.15, 0.2) is 11.4 Å². The second-order valence-corrected chi connectivity index (χ2v) is 12.2. The number of nitrogens with zero attached hydrogens (tertiary/aromatic N) is 4. The molecule has 3 aromatic heterocycles. The summed E-state index contributed by atoms with van der Waals surface area (Å²) >= 11 is 0. The van der Waals surface area contributed by atoms with Gasteiger partial charge in [-0.3, -0.25) is 4.79 Å². The molecule has 0 saturated carbocycles. The van der Waals surface area contributed by atoms with Crippen LogP contribution >= 0.6 is 0 Å². The van der Waals surface area contributed by atoms with E-state index in [0.29, 0.717) is 5.88 Å². The third-order valence-corrected chi connectivity index (χ3v) is 5.52. The Morgan fingerprint density at radius 2 is 1.65 bits per heavy atom. The first kappa shape index (κ1) is 22.0. The van der Waals surface area contributed by atoms with E-state index < -0.39 is 14.0 Å². The van der Waals surface area contributed by atoms with Crippen molar-refractivity contribution in [2.45, 2.75) is 19.6 Å². The Bertz CT molecular complexity index is 1060. The Labute approximate surface area is 179 Å². The van der Waals surface area contributed by atoms with Crippen molar-refractivity contribution in [3.8, 4) is 29.6 Å². The van der Waals surface area contributed by atoms with Gasteiger partial charge in [-0.25, -0.2) is 9.97 Å². The van der Waals surface area contributed by atoms with E-state index in [0.717, 1.165) is 5.45 Å². The molecule has 0 unspecified atom stereocenters. The molecule has 0 fully saturated rings. The molecule has 0 bridgehead atoms. The Balaban J connectivity index is 1.79. The monoisotopic (exact) mass is 445 g/mol. The summed E-state index contributed by atoms with van der Waals surface area (Å²) in [7, 11) is 2.49. The van der Waals surface area contributed by atoms with Crippen molar-refractivity contribution in [1.82, 2.24) is 19.9 Å². The van der Waals surface area contributed by atoms with Crippen molar-refractivity contribution in [2.24, 2.45) is 0 Å². The van der Waals surface area contributed by atoms with Gasteiger partial charge in [0.25, 0.3) is 11.9 Å².